The van der Waals surface area contributed by atoms with Gasteiger partial charge in [0, 0.05) is 30.4 Å². The molecule has 4 nitrogen and oxygen atoms in total. The van der Waals surface area contributed by atoms with Gasteiger partial charge in [-0.3, -0.25) is 9.69 Å². The minimum absolute atomic E-state index is 0.0800. The van der Waals surface area contributed by atoms with Gasteiger partial charge in [0.2, 0.25) is 0 Å². The van der Waals surface area contributed by atoms with E-state index in [1.165, 1.54) is 10.9 Å². The van der Waals surface area contributed by atoms with Gasteiger partial charge in [-0.2, -0.15) is 13.2 Å². The lowest BCUT2D eigenvalue weighted by Gasteiger charge is -2.26. The number of ether oxygens (including phenoxy) is 1. The van der Waals surface area contributed by atoms with Gasteiger partial charge in [-0.25, -0.2) is 0 Å². The highest BCUT2D eigenvalue weighted by Gasteiger charge is 2.34. The Morgan fingerprint density at radius 2 is 1.94 bits per heavy atom. The number of alkyl halides is 3. The number of hydrogen-bond acceptors (Lipinski definition) is 4. The fraction of sp³-hybridized carbons (Fsp3) is 0.346. The van der Waals surface area contributed by atoms with Crippen molar-refractivity contribution < 1.29 is 27.8 Å². The van der Waals surface area contributed by atoms with Gasteiger partial charge in [0.15, 0.2) is 0 Å². The van der Waals surface area contributed by atoms with Crippen LogP contribution in [0.2, 0.25) is 5.02 Å². The van der Waals surface area contributed by atoms with Crippen molar-refractivity contribution in [2.75, 3.05) is 19.7 Å². The van der Waals surface area contributed by atoms with E-state index in [0.29, 0.717) is 43.0 Å². The van der Waals surface area contributed by atoms with E-state index < -0.39 is 17.7 Å². The normalized spacial score (nSPS) is 12.6. The lowest BCUT2D eigenvalue weighted by molar-refractivity contribution is -0.138. The molecule has 0 aliphatic carbocycles. The summed E-state index contributed by atoms with van der Waals surface area (Å²) in [6, 6.07) is 15.0. The van der Waals surface area contributed by atoms with Crippen molar-refractivity contribution >= 4 is 28.9 Å². The van der Waals surface area contributed by atoms with Crippen LogP contribution in [0.15, 0.2) is 60.0 Å². The van der Waals surface area contributed by atoms with Gasteiger partial charge in [0.25, 0.3) is 0 Å². The summed E-state index contributed by atoms with van der Waals surface area (Å²) < 4.78 is 45.8. The minimum Gasteiger partial charge on any atom is -0.494 e. The molecule has 0 saturated carbocycles. The van der Waals surface area contributed by atoms with Crippen molar-refractivity contribution in [3.63, 3.8) is 0 Å². The van der Waals surface area contributed by atoms with Gasteiger partial charge in [0.1, 0.15) is 5.75 Å². The summed E-state index contributed by atoms with van der Waals surface area (Å²) in [5.74, 6) is -0.123. The van der Waals surface area contributed by atoms with E-state index in [2.05, 4.69) is 17.9 Å². The number of halogens is 4. The van der Waals surface area contributed by atoms with E-state index >= 15 is 0 Å². The molecular formula is C26H27ClF3NO3S. The van der Waals surface area contributed by atoms with Crippen LogP contribution in [0.5, 0.6) is 5.75 Å². The molecule has 1 heterocycles. The molecule has 3 aromatic rings. The van der Waals surface area contributed by atoms with Crippen molar-refractivity contribution in [2.24, 2.45) is 0 Å². The van der Waals surface area contributed by atoms with Crippen LogP contribution in [0.25, 0.3) is 0 Å². The van der Waals surface area contributed by atoms with Crippen molar-refractivity contribution in [1.29, 1.82) is 0 Å². The van der Waals surface area contributed by atoms with Crippen LogP contribution >= 0.6 is 22.9 Å². The lowest BCUT2D eigenvalue weighted by atomic mass is 10.1. The fourth-order valence-electron chi connectivity index (χ4n) is 3.84. The molecule has 188 valence electrons. The maximum atomic E-state index is 13.3. The third-order valence-electron chi connectivity index (χ3n) is 5.48. The van der Waals surface area contributed by atoms with Gasteiger partial charge in [-0.1, -0.05) is 48.9 Å². The summed E-state index contributed by atoms with van der Waals surface area (Å²) in [6.07, 6.45) is -3.95. The first-order valence-electron chi connectivity index (χ1n) is 11.2. The molecule has 0 radical (unpaired) electrons. The molecule has 0 spiro atoms. The van der Waals surface area contributed by atoms with Crippen LogP contribution < -0.4 is 4.74 Å². The first-order chi connectivity index (χ1) is 16.6. The summed E-state index contributed by atoms with van der Waals surface area (Å²) in [5.41, 5.74) is 0.259. The molecule has 0 bridgehead atoms. The molecule has 1 aromatic heterocycles. The molecular weight excluding hydrogens is 499 g/mol. The van der Waals surface area contributed by atoms with Crippen molar-refractivity contribution in [3.05, 3.63) is 86.6 Å². The number of nitrogens with zero attached hydrogens (tertiary/aromatic N) is 1. The fourth-order valence-corrected chi connectivity index (χ4v) is 4.91. The van der Waals surface area contributed by atoms with Crippen LogP contribution in [-0.2, 0) is 23.9 Å². The van der Waals surface area contributed by atoms with Gasteiger partial charge in [-0.05, 0) is 47.2 Å². The standard InChI is InChI=1S/C26H27ClF3NO3S/c1-18(23-10-4-13-35-23)16-31(17-20-7-3-9-22(25(20)27)26(28,29)30)11-5-12-34-21-8-2-6-19(14-21)15-24(32)33/h2-4,6-10,13-14,18H,5,11-12,15-17H2,1H3,(H,32,33)/t18-/m0/s1. The molecule has 1 N–H and O–H groups in total. The molecule has 1 atom stereocenters. The molecule has 0 fully saturated rings. The van der Waals surface area contributed by atoms with Crippen LogP contribution in [0.1, 0.15) is 40.8 Å². The molecule has 3 rings (SSSR count). The Bertz CT molecular complexity index is 1110. The second kappa shape index (κ2) is 12.4. The molecule has 35 heavy (non-hydrogen) atoms. The van der Waals surface area contributed by atoms with Crippen LogP contribution in [0, 0.1) is 0 Å². The number of aliphatic carboxylic acids is 1. The molecule has 9 heteroatoms. The van der Waals surface area contributed by atoms with Crippen molar-refractivity contribution in [3.8, 4) is 5.75 Å². The monoisotopic (exact) mass is 525 g/mol. The molecule has 0 aliphatic rings. The van der Waals surface area contributed by atoms with E-state index in [0.717, 1.165) is 6.07 Å². The predicted molar refractivity (Wildman–Crippen MR) is 132 cm³/mol. The summed E-state index contributed by atoms with van der Waals surface area (Å²) >= 11 is 7.81. The number of carboxylic acids is 1. The predicted octanol–water partition coefficient (Wildman–Crippen LogP) is 7.12. The third kappa shape index (κ3) is 8.26. The Morgan fingerprint density at radius 1 is 1.17 bits per heavy atom. The number of hydrogen-bond donors (Lipinski definition) is 1. The Morgan fingerprint density at radius 3 is 2.63 bits per heavy atom. The van der Waals surface area contributed by atoms with E-state index in [1.807, 2.05) is 11.4 Å². The highest BCUT2D eigenvalue weighted by molar-refractivity contribution is 7.10. The van der Waals surface area contributed by atoms with Crippen molar-refractivity contribution in [2.45, 2.75) is 38.4 Å². The zero-order valence-electron chi connectivity index (χ0n) is 19.2. The highest BCUT2D eigenvalue weighted by atomic mass is 35.5. The molecule has 0 unspecified atom stereocenters. The zero-order valence-corrected chi connectivity index (χ0v) is 20.8. The molecule has 0 aliphatic heterocycles. The summed E-state index contributed by atoms with van der Waals surface area (Å²) in [4.78, 5) is 14.2. The molecule has 0 amide bonds. The van der Waals surface area contributed by atoms with Gasteiger partial charge in [0.05, 0.1) is 23.6 Å². The second-order valence-electron chi connectivity index (χ2n) is 8.35. The maximum absolute atomic E-state index is 13.3. The largest absolute Gasteiger partial charge is 0.494 e. The number of thiophene rings is 1. The van der Waals surface area contributed by atoms with Crippen molar-refractivity contribution in [1.82, 2.24) is 4.90 Å². The highest BCUT2D eigenvalue weighted by Crippen LogP contribution is 2.36. The maximum Gasteiger partial charge on any atom is 0.417 e. The Labute approximate surface area is 211 Å². The van der Waals surface area contributed by atoms with E-state index in [9.17, 15) is 18.0 Å². The number of carboxylic acid groups (broad SMARTS) is 1. The van der Waals surface area contributed by atoms with Gasteiger partial charge < -0.3 is 9.84 Å². The first-order valence-corrected chi connectivity index (χ1v) is 12.4. The van der Waals surface area contributed by atoms with E-state index in [-0.39, 0.29) is 23.9 Å². The van der Waals surface area contributed by atoms with Crippen LogP contribution in [0.3, 0.4) is 0 Å². The van der Waals surface area contributed by atoms with E-state index in [1.54, 1.807) is 41.7 Å². The zero-order chi connectivity index (χ0) is 25.4. The average Bonchev–Trinajstić information content (AvgIpc) is 3.32. The van der Waals surface area contributed by atoms with Gasteiger partial charge in [-0.15, -0.1) is 11.3 Å². The summed E-state index contributed by atoms with van der Waals surface area (Å²) in [6.45, 7) is 4.01. The van der Waals surface area contributed by atoms with E-state index in [4.69, 9.17) is 21.4 Å². The smallest absolute Gasteiger partial charge is 0.417 e. The average molecular weight is 526 g/mol. The topological polar surface area (TPSA) is 49.8 Å². The first kappa shape index (κ1) is 27.0. The van der Waals surface area contributed by atoms with Crippen LogP contribution in [0.4, 0.5) is 13.2 Å². The number of carbonyl (C=O) groups is 1. The Hall–Kier alpha value is -2.55. The summed E-state index contributed by atoms with van der Waals surface area (Å²) in [7, 11) is 0. The summed E-state index contributed by atoms with van der Waals surface area (Å²) in [5, 5.41) is 10.7. The third-order valence-corrected chi connectivity index (χ3v) is 7.03. The Balaban J connectivity index is 1.66. The SMILES string of the molecule is C[C@@H](CN(CCCOc1cccc(CC(=O)O)c1)Cc1cccc(C(F)(F)F)c1Cl)c1cccs1. The lowest BCUT2D eigenvalue weighted by Crippen LogP contribution is -2.29. The molecule has 2 aromatic carbocycles. The number of rotatable bonds is 12. The van der Waals surface area contributed by atoms with Gasteiger partial charge >= 0.3 is 12.1 Å². The second-order valence-corrected chi connectivity index (χ2v) is 9.71. The quantitative estimate of drug-likeness (QED) is 0.256. The Kier molecular flexibility index (Phi) is 9.60. The minimum atomic E-state index is -4.51. The number of benzene rings is 2. The molecule has 0 saturated heterocycles. The van der Waals surface area contributed by atoms with Crippen LogP contribution in [-0.4, -0.2) is 35.7 Å².